The number of hydrogen-bond acceptors (Lipinski definition) is 3. The van der Waals surface area contributed by atoms with Crippen molar-refractivity contribution >= 4 is 5.97 Å². The second-order valence-electron chi connectivity index (χ2n) is 4.35. The van der Waals surface area contributed by atoms with Gasteiger partial charge >= 0.3 is 5.97 Å². The van der Waals surface area contributed by atoms with E-state index in [4.69, 9.17) is 9.84 Å². The average Bonchev–Trinajstić information content (AvgIpc) is 2.80. The molecule has 1 unspecified atom stereocenters. The highest BCUT2D eigenvalue weighted by Gasteiger charge is 2.16. The number of carboxylic acid groups (broad SMARTS) is 1. The molecule has 0 saturated carbocycles. The Bertz CT molecular complexity index is 386. The molecule has 0 spiro atoms. The van der Waals surface area contributed by atoms with E-state index in [1.165, 1.54) is 0 Å². The predicted octanol–water partition coefficient (Wildman–Crippen LogP) is 1.30. The van der Waals surface area contributed by atoms with Crippen molar-refractivity contribution in [1.82, 2.24) is 5.32 Å². The van der Waals surface area contributed by atoms with Crippen LogP contribution >= 0.6 is 0 Å². The Morgan fingerprint density at radius 3 is 3.00 bits per heavy atom. The van der Waals surface area contributed by atoms with Gasteiger partial charge in [-0.3, -0.25) is 4.79 Å². The van der Waals surface area contributed by atoms with Gasteiger partial charge in [0, 0.05) is 18.0 Å². The first-order valence-electron chi connectivity index (χ1n) is 5.89. The Morgan fingerprint density at radius 2 is 2.29 bits per heavy atom. The molecule has 1 aliphatic rings. The van der Waals surface area contributed by atoms with Gasteiger partial charge in [-0.05, 0) is 19.0 Å². The first-order chi connectivity index (χ1) is 8.25. The molecule has 4 nitrogen and oxygen atoms in total. The highest BCUT2D eigenvalue weighted by atomic mass is 16.5. The summed E-state index contributed by atoms with van der Waals surface area (Å²) in [7, 11) is 0. The molecule has 1 fully saturated rings. The van der Waals surface area contributed by atoms with Crippen molar-refractivity contribution in [1.29, 1.82) is 0 Å². The summed E-state index contributed by atoms with van der Waals surface area (Å²) in [5, 5.41) is 12.1. The van der Waals surface area contributed by atoms with Crippen LogP contribution in [0.2, 0.25) is 0 Å². The molecule has 1 atom stereocenters. The summed E-state index contributed by atoms with van der Waals surface area (Å²) < 4.78 is 5.72. The van der Waals surface area contributed by atoms with Crippen molar-refractivity contribution in [3.63, 3.8) is 0 Å². The molecule has 1 heterocycles. The molecule has 0 radical (unpaired) electrons. The van der Waals surface area contributed by atoms with Gasteiger partial charge in [-0.25, -0.2) is 0 Å². The number of nitrogens with one attached hydrogen (secondary N) is 1. The molecule has 0 aliphatic carbocycles. The van der Waals surface area contributed by atoms with Gasteiger partial charge in [0.1, 0.15) is 5.75 Å². The monoisotopic (exact) mass is 235 g/mol. The molecule has 2 N–H and O–H groups in total. The predicted molar refractivity (Wildman–Crippen MR) is 64.3 cm³/mol. The lowest BCUT2D eigenvalue weighted by atomic mass is 10.1. The highest BCUT2D eigenvalue weighted by Crippen LogP contribution is 2.20. The van der Waals surface area contributed by atoms with Crippen LogP contribution in [0.25, 0.3) is 0 Å². The molecular weight excluding hydrogens is 218 g/mol. The Kier molecular flexibility index (Phi) is 3.98. The van der Waals surface area contributed by atoms with Crippen molar-refractivity contribution in [3.05, 3.63) is 29.8 Å². The van der Waals surface area contributed by atoms with Crippen LogP contribution in [0.1, 0.15) is 12.0 Å². The minimum atomic E-state index is -0.830. The number of rotatable bonds is 5. The molecule has 1 saturated heterocycles. The zero-order valence-electron chi connectivity index (χ0n) is 9.69. The van der Waals surface area contributed by atoms with E-state index in [-0.39, 0.29) is 6.42 Å². The zero-order valence-corrected chi connectivity index (χ0v) is 9.69. The summed E-state index contributed by atoms with van der Waals surface area (Å²) in [6, 6.07) is 7.34. The Hall–Kier alpha value is -1.55. The lowest BCUT2D eigenvalue weighted by molar-refractivity contribution is -0.136. The quantitative estimate of drug-likeness (QED) is 0.807. The van der Waals surface area contributed by atoms with Gasteiger partial charge in [0.15, 0.2) is 0 Å². The molecule has 1 aromatic carbocycles. The first-order valence-corrected chi connectivity index (χ1v) is 5.89. The van der Waals surface area contributed by atoms with Crippen LogP contribution < -0.4 is 10.1 Å². The maximum absolute atomic E-state index is 10.7. The lowest BCUT2D eigenvalue weighted by Gasteiger charge is -2.13. The van der Waals surface area contributed by atoms with Gasteiger partial charge in [0.25, 0.3) is 0 Å². The van der Waals surface area contributed by atoms with Crippen LogP contribution in [0.15, 0.2) is 24.3 Å². The van der Waals surface area contributed by atoms with Crippen LogP contribution in [-0.2, 0) is 11.2 Å². The maximum atomic E-state index is 10.7. The van der Waals surface area contributed by atoms with Crippen molar-refractivity contribution in [3.8, 4) is 5.75 Å². The van der Waals surface area contributed by atoms with Crippen molar-refractivity contribution in [2.45, 2.75) is 12.8 Å². The summed E-state index contributed by atoms with van der Waals surface area (Å²) in [5.74, 6) is 0.401. The van der Waals surface area contributed by atoms with Crippen molar-refractivity contribution < 1.29 is 14.6 Å². The second kappa shape index (κ2) is 5.68. The maximum Gasteiger partial charge on any atom is 0.307 e. The van der Waals surface area contributed by atoms with E-state index >= 15 is 0 Å². The molecule has 0 aromatic heterocycles. The molecule has 2 rings (SSSR count). The number of hydrogen-bond donors (Lipinski definition) is 2. The summed E-state index contributed by atoms with van der Waals surface area (Å²) >= 11 is 0. The summed E-state index contributed by atoms with van der Waals surface area (Å²) in [6.07, 6.45) is 1.14. The Balaban J connectivity index is 1.96. The Morgan fingerprint density at radius 1 is 1.47 bits per heavy atom. The minimum Gasteiger partial charge on any atom is -0.493 e. The van der Waals surface area contributed by atoms with Crippen LogP contribution in [0, 0.1) is 5.92 Å². The fourth-order valence-corrected chi connectivity index (χ4v) is 2.02. The fraction of sp³-hybridized carbons (Fsp3) is 0.462. The number of carboxylic acids is 1. The van der Waals surface area contributed by atoms with Crippen LogP contribution in [0.3, 0.4) is 0 Å². The summed E-state index contributed by atoms with van der Waals surface area (Å²) in [4.78, 5) is 10.7. The van der Waals surface area contributed by atoms with E-state index < -0.39 is 5.97 Å². The molecule has 0 bridgehead atoms. The first kappa shape index (κ1) is 11.9. The van der Waals surface area contributed by atoms with E-state index in [1.54, 1.807) is 6.07 Å². The molecule has 4 heteroatoms. The minimum absolute atomic E-state index is 0.0130. The normalized spacial score (nSPS) is 19.2. The van der Waals surface area contributed by atoms with Gasteiger partial charge in [0.05, 0.1) is 13.0 Å². The summed E-state index contributed by atoms with van der Waals surface area (Å²) in [6.45, 7) is 2.69. The molecular formula is C13H17NO3. The third-order valence-electron chi connectivity index (χ3n) is 2.95. The lowest BCUT2D eigenvalue weighted by Crippen LogP contribution is -2.16. The molecule has 1 aliphatic heterocycles. The van der Waals surface area contributed by atoms with E-state index in [1.807, 2.05) is 18.2 Å². The smallest absolute Gasteiger partial charge is 0.307 e. The van der Waals surface area contributed by atoms with E-state index in [0.717, 1.165) is 25.1 Å². The number of benzene rings is 1. The summed E-state index contributed by atoms with van der Waals surface area (Å²) in [5.41, 5.74) is 0.742. The standard InChI is InChI=1S/C13H17NO3/c15-13(16)7-11-3-1-2-4-12(11)17-9-10-5-6-14-8-10/h1-4,10,14H,5-9H2,(H,15,16). The SMILES string of the molecule is O=C(O)Cc1ccccc1OCC1CCNC1. The fourth-order valence-electron chi connectivity index (χ4n) is 2.02. The molecule has 0 amide bonds. The van der Waals surface area contributed by atoms with Gasteiger partial charge < -0.3 is 15.2 Å². The topological polar surface area (TPSA) is 58.6 Å². The largest absolute Gasteiger partial charge is 0.493 e. The third-order valence-corrected chi connectivity index (χ3v) is 2.95. The zero-order chi connectivity index (χ0) is 12.1. The van der Waals surface area contributed by atoms with E-state index in [0.29, 0.717) is 18.3 Å². The van der Waals surface area contributed by atoms with E-state index in [9.17, 15) is 4.79 Å². The van der Waals surface area contributed by atoms with Crippen LogP contribution in [0.4, 0.5) is 0 Å². The van der Waals surface area contributed by atoms with E-state index in [2.05, 4.69) is 5.32 Å². The van der Waals surface area contributed by atoms with Crippen LogP contribution in [-0.4, -0.2) is 30.8 Å². The third kappa shape index (κ3) is 3.46. The average molecular weight is 235 g/mol. The number of carbonyl (C=O) groups is 1. The molecule has 92 valence electrons. The number of para-hydroxylation sites is 1. The van der Waals surface area contributed by atoms with Gasteiger partial charge in [-0.1, -0.05) is 18.2 Å². The van der Waals surface area contributed by atoms with Gasteiger partial charge in [-0.15, -0.1) is 0 Å². The van der Waals surface area contributed by atoms with Crippen LogP contribution in [0.5, 0.6) is 5.75 Å². The Labute approximate surface area is 101 Å². The van der Waals surface area contributed by atoms with Gasteiger partial charge in [0.2, 0.25) is 0 Å². The number of ether oxygens (including phenoxy) is 1. The highest BCUT2D eigenvalue weighted by molar-refractivity contribution is 5.71. The second-order valence-corrected chi connectivity index (χ2v) is 4.35. The number of aliphatic carboxylic acids is 1. The van der Waals surface area contributed by atoms with Gasteiger partial charge in [-0.2, -0.15) is 0 Å². The van der Waals surface area contributed by atoms with Crippen molar-refractivity contribution in [2.75, 3.05) is 19.7 Å². The molecule has 17 heavy (non-hydrogen) atoms. The van der Waals surface area contributed by atoms with Crippen molar-refractivity contribution in [2.24, 2.45) is 5.92 Å². The molecule has 1 aromatic rings.